The zero-order valence-electron chi connectivity index (χ0n) is 14.7. The Morgan fingerprint density at radius 2 is 2.00 bits per heavy atom. The molecule has 0 N–H and O–H groups in total. The van der Waals surface area contributed by atoms with E-state index in [-0.39, 0.29) is 17.4 Å². The molecule has 3 aromatic rings. The molecule has 5 nitrogen and oxygen atoms in total. The quantitative estimate of drug-likeness (QED) is 0.671. The Balaban J connectivity index is 1.78. The van der Waals surface area contributed by atoms with Crippen LogP contribution < -0.4 is 0 Å². The second-order valence-corrected chi connectivity index (χ2v) is 6.63. The molecule has 2 aromatic heterocycles. The van der Waals surface area contributed by atoms with E-state index in [0.717, 1.165) is 16.7 Å². The molecule has 0 unspecified atom stereocenters. The number of ketones is 1. The van der Waals surface area contributed by atoms with Gasteiger partial charge in [-0.1, -0.05) is 25.1 Å². The number of hydrogen-bond acceptors (Lipinski definition) is 4. The van der Waals surface area contributed by atoms with Gasteiger partial charge < -0.3 is 0 Å². The van der Waals surface area contributed by atoms with Gasteiger partial charge in [-0.3, -0.25) is 4.79 Å². The number of nitrogens with zero attached hydrogens (tertiary/aromatic N) is 4. The summed E-state index contributed by atoms with van der Waals surface area (Å²) in [5, 5.41) is 8.29. The van der Waals surface area contributed by atoms with Crippen molar-refractivity contribution >= 4 is 11.9 Å². The molecular formula is C20H17FN4O. The number of fused-ring (bicyclic) bond motifs is 1. The molecule has 0 bridgehead atoms. The second-order valence-electron chi connectivity index (χ2n) is 6.63. The van der Waals surface area contributed by atoms with Gasteiger partial charge in [0.25, 0.3) is 0 Å². The number of rotatable bonds is 3. The summed E-state index contributed by atoms with van der Waals surface area (Å²) in [6, 6.07) is 8.87. The van der Waals surface area contributed by atoms with E-state index >= 15 is 0 Å². The van der Waals surface area contributed by atoms with Crippen molar-refractivity contribution in [1.82, 2.24) is 20.0 Å². The molecule has 1 aromatic carbocycles. The van der Waals surface area contributed by atoms with Gasteiger partial charge in [0.15, 0.2) is 5.78 Å². The fourth-order valence-electron chi connectivity index (χ4n) is 3.21. The van der Waals surface area contributed by atoms with Crippen molar-refractivity contribution in [3.63, 3.8) is 0 Å². The Morgan fingerprint density at radius 3 is 2.73 bits per heavy atom. The van der Waals surface area contributed by atoms with Crippen molar-refractivity contribution < 1.29 is 9.18 Å². The number of halogens is 1. The average molecular weight is 348 g/mol. The summed E-state index contributed by atoms with van der Waals surface area (Å²) in [4.78, 5) is 16.1. The lowest BCUT2D eigenvalue weighted by molar-refractivity contribution is 0.103. The topological polar surface area (TPSA) is 60.7 Å². The van der Waals surface area contributed by atoms with E-state index in [1.165, 1.54) is 10.9 Å². The van der Waals surface area contributed by atoms with Crippen LogP contribution in [0.4, 0.5) is 4.39 Å². The van der Waals surface area contributed by atoms with Crippen LogP contribution in [-0.4, -0.2) is 25.8 Å². The van der Waals surface area contributed by atoms with Gasteiger partial charge in [0.2, 0.25) is 5.95 Å². The molecule has 4 rings (SSSR count). The zero-order chi connectivity index (χ0) is 18.4. The van der Waals surface area contributed by atoms with Gasteiger partial charge >= 0.3 is 0 Å². The number of hydrogen-bond donors (Lipinski definition) is 0. The third-order valence-electron chi connectivity index (χ3n) is 4.63. The minimum absolute atomic E-state index is 0.0827. The second kappa shape index (κ2) is 5.98. The lowest BCUT2D eigenvalue weighted by atomic mass is 9.99. The largest absolute Gasteiger partial charge is 0.289 e. The maximum Gasteiger partial charge on any atom is 0.238 e. The first kappa shape index (κ1) is 16.3. The van der Waals surface area contributed by atoms with Crippen molar-refractivity contribution in [2.24, 2.45) is 5.92 Å². The zero-order valence-corrected chi connectivity index (χ0v) is 14.7. The molecule has 1 aliphatic carbocycles. The van der Waals surface area contributed by atoms with E-state index in [1.807, 2.05) is 45.0 Å². The number of pyridine rings is 1. The minimum atomic E-state index is -0.601. The Labute approximate surface area is 150 Å². The highest BCUT2D eigenvalue weighted by Crippen LogP contribution is 2.33. The van der Waals surface area contributed by atoms with Crippen LogP contribution in [0.15, 0.2) is 42.1 Å². The summed E-state index contributed by atoms with van der Waals surface area (Å²) in [6.07, 6.45) is 3.33. The normalized spacial score (nSPS) is 13.3. The lowest BCUT2D eigenvalue weighted by Crippen LogP contribution is -2.04. The average Bonchev–Trinajstić information content (AvgIpc) is 3.16. The number of benzene rings is 1. The van der Waals surface area contributed by atoms with E-state index in [2.05, 4.69) is 15.3 Å². The summed E-state index contributed by atoms with van der Waals surface area (Å²) in [6.45, 7) is 5.85. The van der Waals surface area contributed by atoms with E-state index in [9.17, 15) is 9.18 Å². The van der Waals surface area contributed by atoms with Crippen molar-refractivity contribution in [2.75, 3.05) is 0 Å². The van der Waals surface area contributed by atoms with Crippen LogP contribution in [0.1, 0.15) is 35.5 Å². The first-order valence-electron chi connectivity index (χ1n) is 8.41. The van der Waals surface area contributed by atoms with E-state index < -0.39 is 5.95 Å². The van der Waals surface area contributed by atoms with Gasteiger partial charge in [0, 0.05) is 22.9 Å². The highest BCUT2D eigenvalue weighted by molar-refractivity contribution is 6.18. The van der Waals surface area contributed by atoms with Crippen LogP contribution in [0.5, 0.6) is 0 Å². The smallest absolute Gasteiger partial charge is 0.238 e. The molecule has 0 amide bonds. The van der Waals surface area contributed by atoms with Gasteiger partial charge in [-0.05, 0) is 48.7 Å². The molecule has 0 saturated carbocycles. The molecule has 0 atom stereocenters. The third-order valence-corrected chi connectivity index (χ3v) is 4.63. The number of aromatic nitrogens is 4. The summed E-state index contributed by atoms with van der Waals surface area (Å²) in [7, 11) is 0. The molecule has 2 heterocycles. The summed E-state index contributed by atoms with van der Waals surface area (Å²) < 4.78 is 15.4. The molecular weight excluding hydrogens is 331 g/mol. The van der Waals surface area contributed by atoms with Crippen LogP contribution in [0.25, 0.3) is 23.0 Å². The van der Waals surface area contributed by atoms with Crippen LogP contribution >= 0.6 is 0 Å². The van der Waals surface area contributed by atoms with Crippen molar-refractivity contribution in [2.45, 2.75) is 20.8 Å². The Kier molecular flexibility index (Phi) is 3.76. The van der Waals surface area contributed by atoms with Crippen LogP contribution in [0.3, 0.4) is 0 Å². The van der Waals surface area contributed by atoms with Crippen molar-refractivity contribution in [3.05, 3.63) is 64.9 Å². The fraction of sp³-hybridized carbons (Fsp3) is 0.200. The Morgan fingerprint density at radius 1 is 1.19 bits per heavy atom. The first-order valence-corrected chi connectivity index (χ1v) is 8.41. The number of Topliss-reactive ketones (excluding diaryl/α,β-unsaturated/α-hetero) is 1. The Hall–Kier alpha value is -3.15. The lowest BCUT2D eigenvalue weighted by Gasteiger charge is -2.05. The number of carbonyl (C=O) groups is 1. The monoisotopic (exact) mass is 348 g/mol. The molecule has 130 valence electrons. The fourth-order valence-corrected chi connectivity index (χ4v) is 3.21. The van der Waals surface area contributed by atoms with Crippen LogP contribution in [0.2, 0.25) is 0 Å². The molecule has 6 heteroatoms. The number of allylic oxidation sites excluding steroid dienone is 1. The molecule has 0 saturated heterocycles. The molecule has 0 spiro atoms. The predicted octanol–water partition coefficient (Wildman–Crippen LogP) is 4.01. The minimum Gasteiger partial charge on any atom is -0.289 e. The van der Waals surface area contributed by atoms with Gasteiger partial charge in [-0.2, -0.15) is 4.39 Å². The maximum atomic E-state index is 14.0. The predicted molar refractivity (Wildman–Crippen MR) is 96.4 cm³/mol. The number of carbonyl (C=O) groups excluding carboxylic acids is 1. The van der Waals surface area contributed by atoms with Gasteiger partial charge in [0.05, 0.1) is 5.69 Å². The highest BCUT2D eigenvalue weighted by atomic mass is 19.1. The third kappa shape index (κ3) is 2.45. The first-order chi connectivity index (χ1) is 12.5. The van der Waals surface area contributed by atoms with Crippen molar-refractivity contribution in [1.29, 1.82) is 0 Å². The molecule has 26 heavy (non-hydrogen) atoms. The van der Waals surface area contributed by atoms with Crippen LogP contribution in [-0.2, 0) is 0 Å². The molecule has 0 aliphatic heterocycles. The van der Waals surface area contributed by atoms with E-state index in [0.29, 0.717) is 17.0 Å². The van der Waals surface area contributed by atoms with E-state index in [4.69, 9.17) is 0 Å². The molecule has 0 fully saturated rings. The standard InChI is InChI=1S/C20H17FN4O/c1-11(2)16-10-14-9-13(6-7-15(14)19(16)26)18-12(3)25(24-23-18)17-5-4-8-22-20(17)21/h4-11H,1-3H3. The van der Waals surface area contributed by atoms with Crippen LogP contribution in [0, 0.1) is 18.8 Å². The van der Waals surface area contributed by atoms with Gasteiger partial charge in [-0.25, -0.2) is 9.67 Å². The SMILES string of the molecule is Cc1c(-c2ccc3c(c2)C=C(C(C)C)C3=O)nnn1-c1cccnc1F. The summed E-state index contributed by atoms with van der Waals surface area (Å²) in [5.41, 5.74) is 4.85. The highest BCUT2D eigenvalue weighted by Gasteiger charge is 2.25. The summed E-state index contributed by atoms with van der Waals surface area (Å²) >= 11 is 0. The van der Waals surface area contributed by atoms with Crippen molar-refractivity contribution in [3.8, 4) is 16.9 Å². The van der Waals surface area contributed by atoms with Gasteiger partial charge in [0.1, 0.15) is 11.4 Å². The summed E-state index contributed by atoms with van der Waals surface area (Å²) in [5.74, 6) is -0.343. The Bertz CT molecular complexity index is 1070. The molecule has 0 radical (unpaired) electrons. The van der Waals surface area contributed by atoms with Gasteiger partial charge in [-0.15, -0.1) is 5.10 Å². The maximum absolute atomic E-state index is 14.0. The molecule has 1 aliphatic rings. The van der Waals surface area contributed by atoms with E-state index in [1.54, 1.807) is 12.1 Å².